The smallest absolute Gasteiger partial charge is 0.324 e. The Hall–Kier alpha value is -3.04. The molecule has 0 aromatic heterocycles. The molecule has 0 unspecified atom stereocenters. The van der Waals surface area contributed by atoms with Gasteiger partial charge in [0.2, 0.25) is 10.0 Å². The molecule has 1 heterocycles. The summed E-state index contributed by atoms with van der Waals surface area (Å²) in [5.74, 6) is -2.53. The third-order valence-electron chi connectivity index (χ3n) is 3.65. The Bertz CT molecular complexity index is 980. The van der Waals surface area contributed by atoms with E-state index in [1.165, 1.54) is 30.3 Å². The highest BCUT2D eigenvalue weighted by molar-refractivity contribution is 7.89. The van der Waals surface area contributed by atoms with Gasteiger partial charge in [0.25, 0.3) is 11.8 Å². The lowest BCUT2D eigenvalue weighted by molar-refractivity contribution is -0.0584. The minimum atomic E-state index is -3.76. The van der Waals surface area contributed by atoms with E-state index in [2.05, 4.69) is 4.72 Å². The van der Waals surface area contributed by atoms with Crippen LogP contribution in [0.2, 0.25) is 0 Å². The van der Waals surface area contributed by atoms with Gasteiger partial charge in [-0.2, -0.15) is 0 Å². The number of rotatable bonds is 5. The molecule has 2 amide bonds. The third-order valence-corrected chi connectivity index (χ3v) is 5.19. The number of sulfonamides is 1. The first-order valence-electron chi connectivity index (χ1n) is 7.65. The first-order valence-corrected chi connectivity index (χ1v) is 9.13. The molecule has 1 N–H and O–H groups in total. The van der Waals surface area contributed by atoms with Gasteiger partial charge in [0.05, 0.1) is 21.6 Å². The molecule has 0 aliphatic carbocycles. The summed E-state index contributed by atoms with van der Waals surface area (Å²) in [6, 6.07) is 11.2. The Morgan fingerprint density at radius 1 is 1.04 bits per heavy atom. The molecule has 0 radical (unpaired) electrons. The molecule has 26 heavy (non-hydrogen) atoms. The summed E-state index contributed by atoms with van der Waals surface area (Å²) in [4.78, 5) is 41.5. The summed E-state index contributed by atoms with van der Waals surface area (Å²) < 4.78 is 26.3. The van der Waals surface area contributed by atoms with Crippen LogP contribution in [0.3, 0.4) is 0 Å². The number of carbonyl (C=O) groups is 3. The van der Waals surface area contributed by atoms with Crippen molar-refractivity contribution in [2.24, 2.45) is 0 Å². The lowest BCUT2D eigenvalue weighted by Gasteiger charge is -2.13. The minimum Gasteiger partial charge on any atom is -0.324 e. The van der Waals surface area contributed by atoms with E-state index in [9.17, 15) is 22.8 Å². The van der Waals surface area contributed by atoms with Gasteiger partial charge in [0.1, 0.15) is 0 Å². The number of benzene rings is 2. The molecule has 0 fully saturated rings. The zero-order valence-corrected chi connectivity index (χ0v) is 14.4. The quantitative estimate of drug-likeness (QED) is 0.791. The van der Waals surface area contributed by atoms with Crippen molar-refractivity contribution in [3.63, 3.8) is 0 Å². The van der Waals surface area contributed by atoms with E-state index in [1.54, 1.807) is 19.1 Å². The molecule has 8 nitrogen and oxygen atoms in total. The maximum Gasteiger partial charge on any atom is 0.363 e. The maximum absolute atomic E-state index is 12.3. The second-order valence-electron chi connectivity index (χ2n) is 5.36. The van der Waals surface area contributed by atoms with Gasteiger partial charge in [-0.3, -0.25) is 9.59 Å². The van der Waals surface area contributed by atoms with Crippen LogP contribution in [0.5, 0.6) is 0 Å². The average Bonchev–Trinajstić information content (AvgIpc) is 2.87. The summed E-state index contributed by atoms with van der Waals surface area (Å²) >= 11 is 0. The number of imide groups is 1. The number of amides is 2. The van der Waals surface area contributed by atoms with Crippen molar-refractivity contribution in [1.29, 1.82) is 0 Å². The number of nitrogens with one attached hydrogen (secondary N) is 1. The third kappa shape index (κ3) is 3.09. The Kier molecular flexibility index (Phi) is 4.58. The van der Waals surface area contributed by atoms with Crippen LogP contribution >= 0.6 is 0 Å². The van der Waals surface area contributed by atoms with Crippen LogP contribution in [0.15, 0.2) is 53.4 Å². The van der Waals surface area contributed by atoms with Crippen LogP contribution < -0.4 is 4.72 Å². The molecule has 9 heteroatoms. The molecule has 0 spiro atoms. The second-order valence-corrected chi connectivity index (χ2v) is 7.13. The highest BCUT2D eigenvalue weighted by Gasteiger charge is 2.38. The maximum atomic E-state index is 12.3. The van der Waals surface area contributed by atoms with Crippen LogP contribution in [0.4, 0.5) is 0 Å². The minimum absolute atomic E-state index is 0.111. The van der Waals surface area contributed by atoms with E-state index in [0.29, 0.717) is 5.06 Å². The Labute approximate surface area is 149 Å². The lowest BCUT2D eigenvalue weighted by Crippen LogP contribution is -2.32. The molecule has 0 saturated heterocycles. The molecule has 0 bridgehead atoms. The number of nitrogens with zero attached hydrogens (tertiary/aromatic N) is 1. The van der Waals surface area contributed by atoms with Gasteiger partial charge in [0, 0.05) is 6.54 Å². The largest absolute Gasteiger partial charge is 0.363 e. The molecule has 0 atom stereocenters. The summed E-state index contributed by atoms with van der Waals surface area (Å²) in [5.41, 5.74) is 0.156. The zero-order valence-electron chi connectivity index (χ0n) is 13.6. The van der Waals surface area contributed by atoms with Crippen LogP contribution in [-0.2, 0) is 14.9 Å². The van der Waals surface area contributed by atoms with Gasteiger partial charge in [-0.15, -0.1) is 0 Å². The van der Waals surface area contributed by atoms with Crippen molar-refractivity contribution in [3.05, 3.63) is 65.2 Å². The highest BCUT2D eigenvalue weighted by atomic mass is 32.2. The zero-order chi connectivity index (χ0) is 18.9. The molecule has 3 rings (SSSR count). The summed E-state index contributed by atoms with van der Waals surface area (Å²) in [5, 5.41) is 0.373. The fraction of sp³-hybridized carbons (Fsp3) is 0.118. The first-order chi connectivity index (χ1) is 12.3. The van der Waals surface area contributed by atoms with Gasteiger partial charge in [-0.05, 0) is 30.3 Å². The van der Waals surface area contributed by atoms with Gasteiger partial charge >= 0.3 is 5.97 Å². The van der Waals surface area contributed by atoms with Crippen LogP contribution in [0, 0.1) is 0 Å². The Balaban J connectivity index is 1.84. The van der Waals surface area contributed by atoms with E-state index in [4.69, 9.17) is 4.84 Å². The van der Waals surface area contributed by atoms with Crippen molar-refractivity contribution < 1.29 is 27.6 Å². The van der Waals surface area contributed by atoms with Crippen molar-refractivity contribution in [2.75, 3.05) is 6.54 Å². The molecule has 1 aliphatic heterocycles. The van der Waals surface area contributed by atoms with Gasteiger partial charge in [0.15, 0.2) is 0 Å². The average molecular weight is 374 g/mol. The van der Waals surface area contributed by atoms with Gasteiger partial charge < -0.3 is 4.84 Å². The van der Waals surface area contributed by atoms with E-state index < -0.39 is 27.8 Å². The molecule has 1 aliphatic rings. The number of hydrogen-bond acceptors (Lipinski definition) is 6. The molecule has 134 valence electrons. The Morgan fingerprint density at radius 3 is 2.23 bits per heavy atom. The van der Waals surface area contributed by atoms with Crippen LogP contribution in [0.25, 0.3) is 0 Å². The normalized spacial score (nSPS) is 13.7. The fourth-order valence-electron chi connectivity index (χ4n) is 2.45. The van der Waals surface area contributed by atoms with Gasteiger partial charge in [-0.25, -0.2) is 17.9 Å². The molecule has 2 aromatic rings. The highest BCUT2D eigenvalue weighted by Crippen LogP contribution is 2.23. The lowest BCUT2D eigenvalue weighted by atomic mass is 10.1. The van der Waals surface area contributed by atoms with E-state index in [0.717, 1.165) is 6.07 Å². The molecule has 0 saturated carbocycles. The predicted octanol–water partition coefficient (Wildman–Crippen LogP) is 1.35. The topological polar surface area (TPSA) is 110 Å². The van der Waals surface area contributed by atoms with Crippen LogP contribution in [-0.4, -0.2) is 37.8 Å². The van der Waals surface area contributed by atoms with Crippen molar-refractivity contribution in [1.82, 2.24) is 9.79 Å². The predicted molar refractivity (Wildman–Crippen MR) is 89.7 cm³/mol. The van der Waals surface area contributed by atoms with E-state index >= 15 is 0 Å². The standard InChI is InChI=1S/C17H14N2O6S/c1-2-18-26(23,24)12-7-5-6-11(10-12)17(22)25-19-15(20)13-8-3-4-9-14(13)16(19)21/h3-10,18H,2H2,1H3. The van der Waals surface area contributed by atoms with Gasteiger partial charge in [-0.1, -0.05) is 30.2 Å². The van der Waals surface area contributed by atoms with Crippen molar-refractivity contribution in [2.45, 2.75) is 11.8 Å². The summed E-state index contributed by atoms with van der Waals surface area (Å²) in [6.07, 6.45) is 0. The SMILES string of the molecule is CCNS(=O)(=O)c1cccc(C(=O)ON2C(=O)c3ccccc3C2=O)c1. The van der Waals surface area contributed by atoms with Crippen LogP contribution in [0.1, 0.15) is 38.0 Å². The summed E-state index contributed by atoms with van der Waals surface area (Å²) in [7, 11) is -3.76. The fourth-order valence-corrected chi connectivity index (χ4v) is 3.54. The molecular weight excluding hydrogens is 360 g/mol. The van der Waals surface area contributed by atoms with Crippen molar-refractivity contribution >= 4 is 27.8 Å². The number of carbonyl (C=O) groups excluding carboxylic acids is 3. The second kappa shape index (κ2) is 6.70. The Morgan fingerprint density at radius 2 is 1.65 bits per heavy atom. The molecule has 2 aromatic carbocycles. The summed E-state index contributed by atoms with van der Waals surface area (Å²) in [6.45, 7) is 1.81. The first kappa shape index (κ1) is 17.8. The molecular formula is C17H14N2O6S. The van der Waals surface area contributed by atoms with E-state index in [1.807, 2.05) is 0 Å². The number of fused-ring (bicyclic) bond motifs is 1. The van der Waals surface area contributed by atoms with Crippen molar-refractivity contribution in [3.8, 4) is 0 Å². The number of hydrogen-bond donors (Lipinski definition) is 1. The monoisotopic (exact) mass is 374 g/mol. The van der Waals surface area contributed by atoms with E-state index in [-0.39, 0.29) is 28.1 Å². The number of hydroxylamine groups is 2.